The molecule has 1 fully saturated rings. The minimum Gasteiger partial charge on any atom is -0.437 e. The van der Waals surface area contributed by atoms with E-state index in [0.717, 1.165) is 5.56 Å². The largest absolute Gasteiger partial charge is 0.437 e. The van der Waals surface area contributed by atoms with Crippen molar-refractivity contribution in [3.05, 3.63) is 99.3 Å². The zero-order valence-corrected chi connectivity index (χ0v) is 29.3. The number of nitrogens with two attached hydrogens (primary N) is 1. The lowest BCUT2D eigenvalue weighted by molar-refractivity contribution is -0.132. The predicted octanol–water partition coefficient (Wildman–Crippen LogP) is 5.58. The number of nitrogens with one attached hydrogen (secondary N) is 2. The SMILES string of the molecule is CN1C(=O)OC2(CCN(CC[C@](C)(C(=O)N[C@H](Cc3ccccc3)C(=O)NCCN)c3ccc(Cl)c(Cl)c3)CC2)c2cc(F)ccc21.Cl. The molecule has 2 atom stereocenters. The molecule has 0 unspecified atom stereocenters. The number of hydrogen-bond donors (Lipinski definition) is 3. The minimum atomic E-state index is -1.10. The van der Waals surface area contributed by atoms with Crippen molar-refractivity contribution >= 4 is 59.2 Å². The van der Waals surface area contributed by atoms with E-state index in [1.165, 1.54) is 17.0 Å². The van der Waals surface area contributed by atoms with Crippen LogP contribution in [0.4, 0.5) is 14.9 Å². The first-order chi connectivity index (χ1) is 22.5. The van der Waals surface area contributed by atoms with Gasteiger partial charge < -0.3 is 26.0 Å². The third-order valence-corrected chi connectivity index (χ3v) is 10.1. The summed E-state index contributed by atoms with van der Waals surface area (Å²) >= 11 is 12.7. The van der Waals surface area contributed by atoms with E-state index in [4.69, 9.17) is 33.7 Å². The van der Waals surface area contributed by atoms with Gasteiger partial charge in [0.15, 0.2) is 0 Å². The van der Waals surface area contributed by atoms with E-state index in [1.54, 1.807) is 31.3 Å². The standard InChI is InChI=1S/C35H40Cl2FN5O4.ClH/c1-34(24-8-10-27(36)28(37)21-24,32(45)41-29(31(44)40-16-15-39)20-23-6-4-3-5-7-23)12-17-43-18-13-35(14-19-43)26-22-25(38)9-11-30(26)42(2)33(46)47-35;/h3-11,21-22,29H,12-20,39H2,1-2H3,(H,40,44)(H,41,45);1H/t29-,34+;/m1./s1. The number of fused-ring (bicyclic) bond motifs is 2. The summed E-state index contributed by atoms with van der Waals surface area (Å²) in [6, 6.07) is 18.2. The van der Waals surface area contributed by atoms with E-state index in [2.05, 4.69) is 15.5 Å². The fourth-order valence-corrected chi connectivity index (χ4v) is 6.67. The average Bonchev–Trinajstić information content (AvgIpc) is 3.07. The maximum Gasteiger partial charge on any atom is 0.414 e. The van der Waals surface area contributed by atoms with Crippen LogP contribution in [0.2, 0.25) is 10.0 Å². The summed E-state index contributed by atoms with van der Waals surface area (Å²) in [6.07, 6.45) is 1.16. The summed E-state index contributed by atoms with van der Waals surface area (Å²) in [5.41, 5.74) is 6.47. The normalized spacial score (nSPS) is 17.4. The van der Waals surface area contributed by atoms with Gasteiger partial charge in [-0.05, 0) is 61.3 Å². The second kappa shape index (κ2) is 15.9. The van der Waals surface area contributed by atoms with Gasteiger partial charge in [0.2, 0.25) is 11.8 Å². The van der Waals surface area contributed by atoms with Crippen LogP contribution in [-0.2, 0) is 31.8 Å². The number of hydrogen-bond acceptors (Lipinski definition) is 6. The molecule has 258 valence electrons. The summed E-state index contributed by atoms with van der Waals surface area (Å²) in [5.74, 6) is -1.04. The maximum absolute atomic E-state index is 14.3. The van der Waals surface area contributed by atoms with Crippen LogP contribution < -0.4 is 21.3 Å². The van der Waals surface area contributed by atoms with Gasteiger partial charge in [0.05, 0.1) is 21.1 Å². The number of benzene rings is 3. The topological polar surface area (TPSA) is 117 Å². The van der Waals surface area contributed by atoms with E-state index < -0.39 is 23.2 Å². The molecule has 0 saturated carbocycles. The molecule has 4 N–H and O–H groups in total. The molecule has 2 heterocycles. The summed E-state index contributed by atoms with van der Waals surface area (Å²) < 4.78 is 20.3. The van der Waals surface area contributed by atoms with Gasteiger partial charge in [-0.3, -0.25) is 14.5 Å². The van der Waals surface area contributed by atoms with Crippen LogP contribution in [0.1, 0.15) is 42.9 Å². The Kier molecular flexibility index (Phi) is 12.4. The van der Waals surface area contributed by atoms with Crippen LogP contribution in [0, 0.1) is 5.82 Å². The number of anilines is 1. The average molecular weight is 721 g/mol. The number of carbonyl (C=O) groups is 3. The molecule has 0 radical (unpaired) electrons. The van der Waals surface area contributed by atoms with Crippen LogP contribution in [0.15, 0.2) is 66.7 Å². The van der Waals surface area contributed by atoms with Gasteiger partial charge in [-0.2, -0.15) is 0 Å². The quantitative estimate of drug-likeness (QED) is 0.238. The number of likely N-dealkylation sites (tertiary alicyclic amines) is 1. The first-order valence-electron chi connectivity index (χ1n) is 15.7. The third-order valence-electron chi connectivity index (χ3n) is 9.37. The molecule has 3 amide bonds. The Labute approximate surface area is 296 Å². The molecule has 1 saturated heterocycles. The van der Waals surface area contributed by atoms with Crippen LogP contribution >= 0.6 is 35.6 Å². The first-order valence-corrected chi connectivity index (χ1v) is 16.5. The molecule has 5 rings (SSSR count). The second-order valence-corrected chi connectivity index (χ2v) is 13.2. The van der Waals surface area contributed by atoms with Crippen molar-refractivity contribution in [1.29, 1.82) is 0 Å². The fourth-order valence-electron chi connectivity index (χ4n) is 6.37. The van der Waals surface area contributed by atoms with Gasteiger partial charge in [0.1, 0.15) is 17.5 Å². The number of carbonyl (C=O) groups excluding carboxylic acids is 3. The van der Waals surface area contributed by atoms with Crippen molar-refractivity contribution in [2.45, 2.75) is 49.7 Å². The van der Waals surface area contributed by atoms with Crippen LogP contribution in [-0.4, -0.2) is 68.6 Å². The van der Waals surface area contributed by atoms with Crippen molar-refractivity contribution in [1.82, 2.24) is 15.5 Å². The van der Waals surface area contributed by atoms with Crippen molar-refractivity contribution in [2.24, 2.45) is 5.73 Å². The van der Waals surface area contributed by atoms with E-state index in [-0.39, 0.29) is 43.1 Å². The highest BCUT2D eigenvalue weighted by atomic mass is 35.5. The van der Waals surface area contributed by atoms with Crippen LogP contribution in [0.5, 0.6) is 0 Å². The van der Waals surface area contributed by atoms with Crippen molar-refractivity contribution in [2.75, 3.05) is 44.7 Å². The Morgan fingerprint density at radius 1 is 1.06 bits per heavy atom. The zero-order chi connectivity index (χ0) is 33.8. The summed E-state index contributed by atoms with van der Waals surface area (Å²) in [4.78, 5) is 43.8. The highest BCUT2D eigenvalue weighted by Crippen LogP contribution is 2.45. The van der Waals surface area contributed by atoms with Gasteiger partial charge in [-0.25, -0.2) is 9.18 Å². The number of piperidine rings is 1. The molecule has 9 nitrogen and oxygen atoms in total. The summed E-state index contributed by atoms with van der Waals surface area (Å²) in [6.45, 7) is 4.03. The van der Waals surface area contributed by atoms with Gasteiger partial charge in [-0.1, -0.05) is 59.6 Å². The maximum atomic E-state index is 14.3. The number of ether oxygens (including phenoxy) is 1. The molecule has 0 aromatic heterocycles. The zero-order valence-electron chi connectivity index (χ0n) is 26.9. The summed E-state index contributed by atoms with van der Waals surface area (Å²) in [7, 11) is 1.61. The molecule has 3 aromatic rings. The molecule has 0 bridgehead atoms. The highest BCUT2D eigenvalue weighted by Gasteiger charge is 2.47. The lowest BCUT2D eigenvalue weighted by Gasteiger charge is -2.46. The van der Waals surface area contributed by atoms with E-state index in [9.17, 15) is 18.8 Å². The first kappa shape index (κ1) is 37.4. The molecule has 3 aromatic carbocycles. The fraction of sp³-hybridized carbons (Fsp3) is 0.400. The van der Waals surface area contributed by atoms with Crippen molar-refractivity contribution in [3.63, 3.8) is 0 Å². The molecular weight excluding hydrogens is 680 g/mol. The molecular formula is C35H41Cl3FN5O4. The van der Waals surface area contributed by atoms with Gasteiger partial charge >= 0.3 is 6.09 Å². The predicted molar refractivity (Wildman–Crippen MR) is 188 cm³/mol. The number of amides is 3. The van der Waals surface area contributed by atoms with Crippen LogP contribution in [0.25, 0.3) is 0 Å². The van der Waals surface area contributed by atoms with Gasteiger partial charge in [-0.15, -0.1) is 12.4 Å². The molecule has 2 aliphatic heterocycles. The Morgan fingerprint density at radius 3 is 2.44 bits per heavy atom. The Morgan fingerprint density at radius 2 is 1.77 bits per heavy atom. The number of halogens is 4. The number of nitrogens with zero attached hydrogens (tertiary/aromatic N) is 2. The smallest absolute Gasteiger partial charge is 0.414 e. The molecule has 13 heteroatoms. The summed E-state index contributed by atoms with van der Waals surface area (Å²) in [5, 5.41) is 6.52. The monoisotopic (exact) mass is 719 g/mol. The Bertz CT molecular complexity index is 1620. The second-order valence-electron chi connectivity index (χ2n) is 12.4. The molecule has 1 spiro atoms. The third kappa shape index (κ3) is 8.06. The van der Waals surface area contributed by atoms with Crippen LogP contribution in [0.3, 0.4) is 0 Å². The van der Waals surface area contributed by atoms with Gasteiger partial charge in [0.25, 0.3) is 0 Å². The van der Waals surface area contributed by atoms with Crippen molar-refractivity contribution < 1.29 is 23.5 Å². The highest BCUT2D eigenvalue weighted by molar-refractivity contribution is 6.42. The lowest BCUT2D eigenvalue weighted by atomic mass is 9.77. The Balaban J connectivity index is 0.00000520. The van der Waals surface area contributed by atoms with E-state index in [1.807, 2.05) is 37.3 Å². The van der Waals surface area contributed by atoms with E-state index in [0.29, 0.717) is 72.2 Å². The Hall–Kier alpha value is -3.41. The van der Waals surface area contributed by atoms with Crippen molar-refractivity contribution in [3.8, 4) is 0 Å². The molecule has 0 aliphatic carbocycles. The van der Waals surface area contributed by atoms with Gasteiger partial charge in [0, 0.05) is 58.1 Å². The lowest BCUT2D eigenvalue weighted by Crippen LogP contribution is -2.55. The van der Waals surface area contributed by atoms with E-state index >= 15 is 0 Å². The number of rotatable bonds is 11. The molecule has 2 aliphatic rings. The molecule has 48 heavy (non-hydrogen) atoms. The minimum absolute atomic E-state index is 0.